The predicted molar refractivity (Wildman–Crippen MR) is 79.6 cm³/mol. The number of nitrogens with two attached hydrogens (primary N) is 1. The second-order valence-electron chi connectivity index (χ2n) is 4.57. The fourth-order valence-corrected chi connectivity index (χ4v) is 2.87. The van der Waals surface area contributed by atoms with Crippen molar-refractivity contribution >= 4 is 17.4 Å². The molecule has 0 spiro atoms. The minimum absolute atomic E-state index is 0.784. The van der Waals surface area contributed by atoms with Crippen LogP contribution in [0.5, 0.6) is 0 Å². The highest BCUT2D eigenvalue weighted by molar-refractivity contribution is 7.97. The number of benzene rings is 1. The van der Waals surface area contributed by atoms with Crippen LogP contribution in [0, 0.1) is 13.8 Å². The second kappa shape index (κ2) is 5.91. The van der Waals surface area contributed by atoms with Gasteiger partial charge in [-0.05, 0) is 31.5 Å². The van der Waals surface area contributed by atoms with E-state index in [4.69, 9.17) is 5.73 Å². The van der Waals surface area contributed by atoms with E-state index in [-0.39, 0.29) is 0 Å². The first kappa shape index (κ1) is 13.0. The molecule has 0 fully saturated rings. The molecule has 0 unspecified atom stereocenters. The van der Waals surface area contributed by atoms with Gasteiger partial charge in [0.05, 0.1) is 5.69 Å². The topological polar surface area (TPSA) is 38.9 Å². The molecule has 0 bridgehead atoms. The van der Waals surface area contributed by atoms with Gasteiger partial charge in [-0.3, -0.25) is 4.98 Å². The van der Waals surface area contributed by atoms with Gasteiger partial charge in [-0.1, -0.05) is 29.3 Å². The van der Waals surface area contributed by atoms with Crippen LogP contribution in [-0.4, -0.2) is 4.98 Å². The molecule has 0 aliphatic rings. The third kappa shape index (κ3) is 3.77. The van der Waals surface area contributed by atoms with E-state index in [0.717, 1.165) is 22.9 Å². The van der Waals surface area contributed by atoms with Gasteiger partial charge in [0.25, 0.3) is 0 Å². The zero-order valence-electron chi connectivity index (χ0n) is 10.8. The number of aromatic nitrogens is 1. The van der Waals surface area contributed by atoms with E-state index in [1.807, 2.05) is 23.9 Å². The Kier molecular flexibility index (Phi) is 4.26. The lowest BCUT2D eigenvalue weighted by molar-refractivity contribution is 1.17. The number of thioether (sulfide) groups is 1. The Morgan fingerprint density at radius 2 is 1.78 bits per heavy atom. The Bertz CT molecular complexity index is 518. The first-order valence-electron chi connectivity index (χ1n) is 5.99. The molecule has 2 nitrogen and oxygen atoms in total. The zero-order chi connectivity index (χ0) is 13.0. The number of anilines is 1. The summed E-state index contributed by atoms with van der Waals surface area (Å²) >= 11 is 1.87. The number of hydrogen-bond acceptors (Lipinski definition) is 3. The standard InChI is InChI=1S/C15H18N2S/c1-11-5-12(2)7-13(6-11)9-18-10-15-8-14(16)3-4-17-15/h3-8H,9-10H2,1-2H3,(H2,16,17). The summed E-state index contributed by atoms with van der Waals surface area (Å²) in [7, 11) is 0. The zero-order valence-corrected chi connectivity index (χ0v) is 11.6. The molecule has 1 aromatic heterocycles. The van der Waals surface area contributed by atoms with E-state index in [1.54, 1.807) is 6.20 Å². The van der Waals surface area contributed by atoms with Gasteiger partial charge in [0.2, 0.25) is 0 Å². The molecule has 1 aromatic carbocycles. The lowest BCUT2D eigenvalue weighted by atomic mass is 10.1. The molecule has 2 N–H and O–H groups in total. The van der Waals surface area contributed by atoms with Gasteiger partial charge in [-0.2, -0.15) is 11.8 Å². The second-order valence-corrected chi connectivity index (χ2v) is 5.55. The maximum atomic E-state index is 5.73. The van der Waals surface area contributed by atoms with Crippen molar-refractivity contribution < 1.29 is 0 Å². The van der Waals surface area contributed by atoms with Crippen molar-refractivity contribution in [1.29, 1.82) is 0 Å². The van der Waals surface area contributed by atoms with Gasteiger partial charge in [-0.25, -0.2) is 0 Å². The highest BCUT2D eigenvalue weighted by Crippen LogP contribution is 2.19. The van der Waals surface area contributed by atoms with E-state index in [9.17, 15) is 0 Å². The summed E-state index contributed by atoms with van der Waals surface area (Å²) in [6.45, 7) is 4.28. The van der Waals surface area contributed by atoms with Gasteiger partial charge < -0.3 is 5.73 Å². The maximum Gasteiger partial charge on any atom is 0.0523 e. The monoisotopic (exact) mass is 258 g/mol. The number of nitrogens with zero attached hydrogens (tertiary/aromatic N) is 1. The quantitative estimate of drug-likeness (QED) is 0.908. The van der Waals surface area contributed by atoms with Gasteiger partial charge >= 0.3 is 0 Å². The van der Waals surface area contributed by atoms with Crippen LogP contribution in [0.2, 0.25) is 0 Å². The molecule has 3 heteroatoms. The average Bonchev–Trinajstić information content (AvgIpc) is 2.27. The summed E-state index contributed by atoms with van der Waals surface area (Å²) in [6.07, 6.45) is 1.77. The van der Waals surface area contributed by atoms with Crippen molar-refractivity contribution in [2.45, 2.75) is 25.4 Å². The van der Waals surface area contributed by atoms with Gasteiger partial charge in [-0.15, -0.1) is 0 Å². The fraction of sp³-hybridized carbons (Fsp3) is 0.267. The smallest absolute Gasteiger partial charge is 0.0523 e. The molecule has 0 aliphatic carbocycles. The molecule has 0 radical (unpaired) electrons. The third-order valence-electron chi connectivity index (χ3n) is 2.64. The average molecular weight is 258 g/mol. The summed E-state index contributed by atoms with van der Waals surface area (Å²) in [6, 6.07) is 10.4. The van der Waals surface area contributed by atoms with Crippen LogP contribution in [0.1, 0.15) is 22.4 Å². The van der Waals surface area contributed by atoms with E-state index in [2.05, 4.69) is 37.0 Å². The third-order valence-corrected chi connectivity index (χ3v) is 3.68. The van der Waals surface area contributed by atoms with Crippen LogP contribution in [-0.2, 0) is 11.5 Å². The van der Waals surface area contributed by atoms with Crippen molar-refractivity contribution in [3.63, 3.8) is 0 Å². The summed E-state index contributed by atoms with van der Waals surface area (Å²) < 4.78 is 0. The van der Waals surface area contributed by atoms with Gasteiger partial charge in [0, 0.05) is 23.4 Å². The molecule has 0 saturated carbocycles. The summed E-state index contributed by atoms with van der Waals surface area (Å²) in [5.41, 5.74) is 11.6. The molecule has 18 heavy (non-hydrogen) atoms. The first-order chi connectivity index (χ1) is 8.63. The first-order valence-corrected chi connectivity index (χ1v) is 7.14. The lowest BCUT2D eigenvalue weighted by Gasteiger charge is -2.05. The molecule has 0 saturated heterocycles. The van der Waals surface area contributed by atoms with Gasteiger partial charge in [0.15, 0.2) is 0 Å². The number of nitrogen functional groups attached to an aromatic ring is 1. The van der Waals surface area contributed by atoms with Crippen molar-refractivity contribution in [3.8, 4) is 0 Å². The Hall–Kier alpha value is -1.48. The molecule has 0 amide bonds. The minimum Gasteiger partial charge on any atom is -0.399 e. The van der Waals surface area contributed by atoms with Crippen LogP contribution in [0.4, 0.5) is 5.69 Å². The molecule has 2 rings (SSSR count). The van der Waals surface area contributed by atoms with E-state index in [1.165, 1.54) is 16.7 Å². The van der Waals surface area contributed by atoms with E-state index >= 15 is 0 Å². The van der Waals surface area contributed by atoms with Crippen LogP contribution < -0.4 is 5.73 Å². The number of pyridine rings is 1. The van der Waals surface area contributed by atoms with Crippen LogP contribution in [0.15, 0.2) is 36.5 Å². The Morgan fingerprint density at radius 1 is 1.06 bits per heavy atom. The van der Waals surface area contributed by atoms with Gasteiger partial charge in [0.1, 0.15) is 0 Å². The minimum atomic E-state index is 0.784. The number of rotatable bonds is 4. The molecule has 2 aromatic rings. The Labute approximate surface area is 113 Å². The number of hydrogen-bond donors (Lipinski definition) is 1. The highest BCUT2D eigenvalue weighted by Gasteiger charge is 1.99. The predicted octanol–water partition coefficient (Wildman–Crippen LogP) is 3.71. The van der Waals surface area contributed by atoms with E-state index < -0.39 is 0 Å². The lowest BCUT2D eigenvalue weighted by Crippen LogP contribution is -1.91. The van der Waals surface area contributed by atoms with Crippen molar-refractivity contribution in [1.82, 2.24) is 4.98 Å². The molecular weight excluding hydrogens is 240 g/mol. The van der Waals surface area contributed by atoms with Crippen molar-refractivity contribution in [2.24, 2.45) is 0 Å². The Morgan fingerprint density at radius 3 is 2.44 bits per heavy atom. The molecular formula is C15H18N2S. The fourth-order valence-electron chi connectivity index (χ4n) is 2.00. The normalized spacial score (nSPS) is 10.6. The SMILES string of the molecule is Cc1cc(C)cc(CSCc2cc(N)ccn2)c1. The highest BCUT2D eigenvalue weighted by atomic mass is 32.2. The summed E-state index contributed by atoms with van der Waals surface area (Å²) in [5, 5.41) is 0. The Balaban J connectivity index is 1.92. The van der Waals surface area contributed by atoms with Crippen molar-refractivity contribution in [2.75, 3.05) is 5.73 Å². The molecule has 94 valence electrons. The molecule has 1 heterocycles. The molecule has 0 aliphatic heterocycles. The van der Waals surface area contributed by atoms with E-state index in [0.29, 0.717) is 0 Å². The van der Waals surface area contributed by atoms with Crippen LogP contribution in [0.3, 0.4) is 0 Å². The largest absolute Gasteiger partial charge is 0.399 e. The van der Waals surface area contributed by atoms with Crippen LogP contribution in [0.25, 0.3) is 0 Å². The van der Waals surface area contributed by atoms with Crippen LogP contribution >= 0.6 is 11.8 Å². The molecule has 0 atom stereocenters. The summed E-state index contributed by atoms with van der Waals surface area (Å²) in [5.74, 6) is 1.91. The maximum absolute atomic E-state index is 5.73. The number of aryl methyl sites for hydroxylation is 2. The van der Waals surface area contributed by atoms with Crippen molar-refractivity contribution in [3.05, 3.63) is 58.9 Å². The summed E-state index contributed by atoms with van der Waals surface area (Å²) in [4.78, 5) is 4.31.